The molecule has 42 heavy (non-hydrogen) atoms. The van der Waals surface area contributed by atoms with Crippen molar-refractivity contribution in [3.05, 3.63) is 136 Å². The summed E-state index contributed by atoms with van der Waals surface area (Å²) in [6.45, 7) is 2.51. The van der Waals surface area contributed by atoms with Gasteiger partial charge in [0.1, 0.15) is 35.1 Å². The van der Waals surface area contributed by atoms with Crippen LogP contribution in [0.5, 0.6) is 11.5 Å². The number of ether oxygens (including phenoxy) is 2. The number of carboxylic acid groups (broad SMARTS) is 1. The molecule has 1 aliphatic rings. The molecule has 212 valence electrons. The van der Waals surface area contributed by atoms with Crippen LogP contribution >= 0.6 is 24.0 Å². The van der Waals surface area contributed by atoms with Crippen LogP contribution in [0.4, 0.5) is 0 Å². The molecule has 1 N–H and O–H groups in total. The van der Waals surface area contributed by atoms with E-state index in [2.05, 4.69) is 0 Å². The average molecular weight is 596 g/mol. The number of rotatable bonds is 11. The van der Waals surface area contributed by atoms with Crippen molar-refractivity contribution in [2.75, 3.05) is 0 Å². The van der Waals surface area contributed by atoms with Gasteiger partial charge in [0.05, 0.1) is 4.91 Å². The first-order valence-corrected chi connectivity index (χ1v) is 14.7. The number of hydrogen-bond acceptors (Lipinski definition) is 6. The first-order valence-electron chi connectivity index (χ1n) is 13.4. The Kier molecular flexibility index (Phi) is 9.36. The second kappa shape index (κ2) is 13.5. The van der Waals surface area contributed by atoms with E-state index in [1.54, 1.807) is 13.0 Å². The van der Waals surface area contributed by atoms with Crippen LogP contribution in [0.3, 0.4) is 0 Å². The maximum Gasteiger partial charge on any atom is 0.327 e. The first-order chi connectivity index (χ1) is 20.4. The lowest BCUT2D eigenvalue weighted by Crippen LogP contribution is -2.46. The summed E-state index contributed by atoms with van der Waals surface area (Å²) >= 11 is 6.64. The molecule has 8 heteroatoms. The van der Waals surface area contributed by atoms with Gasteiger partial charge in [-0.15, -0.1) is 0 Å². The average Bonchev–Trinajstić information content (AvgIpc) is 3.28. The zero-order chi connectivity index (χ0) is 29.5. The van der Waals surface area contributed by atoms with Gasteiger partial charge in [-0.1, -0.05) is 122 Å². The van der Waals surface area contributed by atoms with Crippen molar-refractivity contribution < 1.29 is 24.2 Å². The number of carboxylic acids is 1. The highest BCUT2D eigenvalue weighted by atomic mass is 32.2. The molecular weight excluding hydrogens is 567 g/mol. The molecule has 0 radical (unpaired) electrons. The van der Waals surface area contributed by atoms with Gasteiger partial charge in [-0.3, -0.25) is 9.69 Å². The monoisotopic (exact) mass is 595 g/mol. The zero-order valence-electron chi connectivity index (χ0n) is 22.9. The SMILES string of the molecule is CC(c1ccccc1)C(C(=O)O)N1C(=O)C(=Cc2cc(OCc3ccccc3)ccc2OCc2ccccc2)SC1=S. The summed E-state index contributed by atoms with van der Waals surface area (Å²) in [5, 5.41) is 10.2. The molecule has 0 aromatic heterocycles. The van der Waals surface area contributed by atoms with Crippen LogP contribution in [-0.4, -0.2) is 32.2 Å². The minimum absolute atomic E-state index is 0.199. The highest BCUT2D eigenvalue weighted by Gasteiger charge is 2.43. The topological polar surface area (TPSA) is 76.1 Å². The highest BCUT2D eigenvalue weighted by molar-refractivity contribution is 8.26. The summed E-state index contributed by atoms with van der Waals surface area (Å²) < 4.78 is 12.4. The third-order valence-electron chi connectivity index (χ3n) is 6.91. The van der Waals surface area contributed by atoms with Gasteiger partial charge in [-0.2, -0.15) is 0 Å². The summed E-state index contributed by atoms with van der Waals surface area (Å²) in [6.07, 6.45) is 1.70. The molecule has 2 atom stereocenters. The molecule has 5 rings (SSSR count). The fraction of sp³-hybridized carbons (Fsp3) is 0.147. The van der Waals surface area contributed by atoms with Crippen LogP contribution in [0.2, 0.25) is 0 Å². The van der Waals surface area contributed by atoms with Gasteiger partial charge >= 0.3 is 5.97 Å². The maximum atomic E-state index is 13.7. The Morgan fingerprint density at radius 1 is 0.881 bits per heavy atom. The summed E-state index contributed by atoms with van der Waals surface area (Å²) in [5.74, 6) is -0.890. The van der Waals surface area contributed by atoms with E-state index in [0.717, 1.165) is 28.5 Å². The van der Waals surface area contributed by atoms with Crippen molar-refractivity contribution in [1.82, 2.24) is 4.90 Å². The van der Waals surface area contributed by atoms with Crippen LogP contribution in [0.1, 0.15) is 35.1 Å². The number of benzene rings is 4. The van der Waals surface area contributed by atoms with Gasteiger partial charge in [0.25, 0.3) is 5.91 Å². The number of carbonyl (C=O) groups is 2. The molecule has 0 aliphatic carbocycles. The molecule has 1 amide bonds. The largest absolute Gasteiger partial charge is 0.489 e. The van der Waals surface area contributed by atoms with Crippen LogP contribution in [0.25, 0.3) is 6.08 Å². The van der Waals surface area contributed by atoms with Crippen molar-refractivity contribution in [2.24, 2.45) is 0 Å². The van der Waals surface area contributed by atoms with E-state index in [1.165, 1.54) is 4.90 Å². The minimum atomic E-state index is -1.15. The van der Waals surface area contributed by atoms with Crippen molar-refractivity contribution >= 4 is 46.3 Å². The molecule has 0 spiro atoms. The Morgan fingerprint density at radius 2 is 1.45 bits per heavy atom. The molecule has 2 unspecified atom stereocenters. The third kappa shape index (κ3) is 6.90. The van der Waals surface area contributed by atoms with Crippen molar-refractivity contribution in [3.8, 4) is 11.5 Å². The Hall–Kier alpha value is -4.40. The molecule has 1 heterocycles. The summed E-state index contributed by atoms with van der Waals surface area (Å²) in [7, 11) is 0. The summed E-state index contributed by atoms with van der Waals surface area (Å²) in [4.78, 5) is 27.7. The van der Waals surface area contributed by atoms with E-state index in [9.17, 15) is 14.7 Å². The Balaban J connectivity index is 1.44. The number of nitrogens with zero attached hydrogens (tertiary/aromatic N) is 1. The second-order valence-corrected chi connectivity index (χ2v) is 11.5. The predicted molar refractivity (Wildman–Crippen MR) is 169 cm³/mol. The Bertz CT molecular complexity index is 1590. The van der Waals surface area contributed by atoms with Gasteiger partial charge in [-0.05, 0) is 41.0 Å². The quantitative estimate of drug-likeness (QED) is 0.144. The lowest BCUT2D eigenvalue weighted by Gasteiger charge is -2.28. The molecule has 4 aromatic rings. The van der Waals surface area contributed by atoms with Crippen LogP contribution in [0.15, 0.2) is 114 Å². The lowest BCUT2D eigenvalue weighted by molar-refractivity contribution is -0.146. The number of carbonyl (C=O) groups excluding carboxylic acids is 1. The standard InChI is InChI=1S/C34H29NO5S2/c1-23(26-15-9-4-10-16-26)31(33(37)38)35-32(36)30(42-34(35)41)20-27-19-28(39-21-24-11-5-2-6-12-24)17-18-29(27)40-22-25-13-7-3-8-14-25/h2-20,23,31H,21-22H2,1H3,(H,37,38). The Labute approximate surface area is 254 Å². The van der Waals surface area contributed by atoms with E-state index >= 15 is 0 Å². The molecule has 4 aromatic carbocycles. The molecule has 1 saturated heterocycles. The van der Waals surface area contributed by atoms with E-state index in [4.69, 9.17) is 21.7 Å². The fourth-order valence-corrected chi connectivity index (χ4v) is 6.00. The number of aliphatic carboxylic acids is 1. The number of thioether (sulfide) groups is 1. The van der Waals surface area contributed by atoms with Crippen molar-refractivity contribution in [1.29, 1.82) is 0 Å². The predicted octanol–water partition coefficient (Wildman–Crippen LogP) is 7.30. The number of amides is 1. The number of thiocarbonyl (C=S) groups is 1. The van der Waals surface area contributed by atoms with Crippen molar-refractivity contribution in [3.63, 3.8) is 0 Å². The summed E-state index contributed by atoms with van der Waals surface area (Å²) in [6, 6.07) is 33.2. The van der Waals surface area contributed by atoms with E-state index in [1.807, 2.05) is 109 Å². The van der Waals surface area contributed by atoms with E-state index in [-0.39, 0.29) is 4.32 Å². The fourth-order valence-electron chi connectivity index (χ4n) is 4.68. The Morgan fingerprint density at radius 3 is 2.05 bits per heavy atom. The van der Waals surface area contributed by atoms with Gasteiger partial charge in [0, 0.05) is 11.5 Å². The van der Waals surface area contributed by atoms with Crippen molar-refractivity contribution in [2.45, 2.75) is 32.1 Å². The normalized spacial score (nSPS) is 15.5. The lowest BCUT2D eigenvalue weighted by atomic mass is 9.92. The van der Waals surface area contributed by atoms with Crippen LogP contribution < -0.4 is 9.47 Å². The van der Waals surface area contributed by atoms with Gasteiger partial charge in [0.2, 0.25) is 0 Å². The smallest absolute Gasteiger partial charge is 0.327 e. The number of hydrogen-bond donors (Lipinski definition) is 1. The molecule has 1 fully saturated rings. The van der Waals surface area contributed by atoms with E-state index in [0.29, 0.717) is 35.2 Å². The van der Waals surface area contributed by atoms with Gasteiger partial charge < -0.3 is 14.6 Å². The highest BCUT2D eigenvalue weighted by Crippen LogP contribution is 2.39. The van der Waals surface area contributed by atoms with E-state index < -0.39 is 23.8 Å². The first kappa shape index (κ1) is 29.1. The van der Waals surface area contributed by atoms with Gasteiger partial charge in [0.15, 0.2) is 0 Å². The zero-order valence-corrected chi connectivity index (χ0v) is 24.5. The molecule has 0 bridgehead atoms. The maximum absolute atomic E-state index is 13.7. The summed E-state index contributed by atoms with van der Waals surface area (Å²) in [5.41, 5.74) is 3.46. The molecule has 1 aliphatic heterocycles. The second-order valence-electron chi connectivity index (χ2n) is 9.78. The molecular formula is C34H29NO5S2. The third-order valence-corrected chi connectivity index (χ3v) is 8.24. The minimum Gasteiger partial charge on any atom is -0.489 e. The molecule has 6 nitrogen and oxygen atoms in total. The molecule has 0 saturated carbocycles. The van der Waals surface area contributed by atoms with Crippen LogP contribution in [-0.2, 0) is 22.8 Å². The van der Waals surface area contributed by atoms with Crippen LogP contribution in [0, 0.1) is 0 Å². The van der Waals surface area contributed by atoms with Gasteiger partial charge in [-0.25, -0.2) is 4.79 Å².